The van der Waals surface area contributed by atoms with Gasteiger partial charge in [-0.05, 0) is 48.8 Å². The second-order valence-corrected chi connectivity index (χ2v) is 5.54. The van der Waals surface area contributed by atoms with Gasteiger partial charge in [0.2, 0.25) is 0 Å². The zero-order valence-electron chi connectivity index (χ0n) is 9.37. The highest BCUT2D eigenvalue weighted by atomic mass is 32.2. The van der Waals surface area contributed by atoms with Crippen LogP contribution >= 0.6 is 11.8 Å². The van der Waals surface area contributed by atoms with Gasteiger partial charge in [-0.3, -0.25) is 11.3 Å². The molecule has 1 heterocycles. The quantitative estimate of drug-likeness (QED) is 0.630. The molecule has 1 aliphatic rings. The predicted octanol–water partition coefficient (Wildman–Crippen LogP) is 2.53. The first-order chi connectivity index (χ1) is 7.72. The van der Waals surface area contributed by atoms with Gasteiger partial charge in [0.15, 0.2) is 0 Å². The van der Waals surface area contributed by atoms with Gasteiger partial charge in [-0.2, -0.15) is 11.8 Å². The van der Waals surface area contributed by atoms with E-state index in [0.29, 0.717) is 5.25 Å². The third-order valence-electron chi connectivity index (χ3n) is 3.09. The summed E-state index contributed by atoms with van der Waals surface area (Å²) in [5.74, 6) is 6.60. The van der Waals surface area contributed by atoms with Crippen molar-refractivity contribution in [1.29, 1.82) is 0 Å². The number of hydrazine groups is 1. The van der Waals surface area contributed by atoms with Gasteiger partial charge >= 0.3 is 0 Å². The molecule has 4 heteroatoms. The summed E-state index contributed by atoms with van der Waals surface area (Å²) in [6.45, 7) is 2.00. The van der Waals surface area contributed by atoms with Crippen LogP contribution in [0.3, 0.4) is 0 Å². The number of halogens is 1. The molecular weight excluding hydrogens is 223 g/mol. The van der Waals surface area contributed by atoms with E-state index in [-0.39, 0.29) is 11.9 Å². The molecule has 16 heavy (non-hydrogen) atoms. The van der Waals surface area contributed by atoms with Crippen LogP contribution in [-0.4, -0.2) is 11.0 Å². The molecule has 0 aliphatic carbocycles. The Morgan fingerprint density at radius 1 is 1.56 bits per heavy atom. The smallest absolute Gasteiger partial charge is 0.123 e. The van der Waals surface area contributed by atoms with Gasteiger partial charge in [0, 0.05) is 5.25 Å². The monoisotopic (exact) mass is 240 g/mol. The van der Waals surface area contributed by atoms with Crippen molar-refractivity contribution in [3.05, 3.63) is 35.1 Å². The van der Waals surface area contributed by atoms with E-state index in [1.54, 1.807) is 6.07 Å². The maximum Gasteiger partial charge on any atom is 0.123 e. The van der Waals surface area contributed by atoms with E-state index < -0.39 is 0 Å². The van der Waals surface area contributed by atoms with Crippen molar-refractivity contribution in [1.82, 2.24) is 5.43 Å². The van der Waals surface area contributed by atoms with Gasteiger partial charge < -0.3 is 0 Å². The number of benzene rings is 1. The predicted molar refractivity (Wildman–Crippen MR) is 66.7 cm³/mol. The molecule has 2 nitrogen and oxygen atoms in total. The van der Waals surface area contributed by atoms with E-state index in [1.807, 2.05) is 24.8 Å². The molecule has 0 aromatic heterocycles. The molecule has 1 fully saturated rings. The van der Waals surface area contributed by atoms with Crippen molar-refractivity contribution in [2.45, 2.75) is 31.1 Å². The fourth-order valence-electron chi connectivity index (χ4n) is 2.21. The molecule has 0 spiro atoms. The average molecular weight is 240 g/mol. The Labute approximate surface area is 99.8 Å². The SMILES string of the molecule is Cc1ccc(F)cc1C(NN)C1CCCS1. The number of nitrogens with one attached hydrogen (secondary N) is 1. The van der Waals surface area contributed by atoms with Crippen molar-refractivity contribution in [3.63, 3.8) is 0 Å². The fraction of sp³-hybridized carbons (Fsp3) is 0.500. The van der Waals surface area contributed by atoms with Crippen molar-refractivity contribution in [3.8, 4) is 0 Å². The Morgan fingerprint density at radius 2 is 2.38 bits per heavy atom. The molecule has 1 saturated heterocycles. The lowest BCUT2D eigenvalue weighted by Gasteiger charge is -2.24. The van der Waals surface area contributed by atoms with Crippen LogP contribution in [0.25, 0.3) is 0 Å². The lowest BCUT2D eigenvalue weighted by atomic mass is 9.97. The zero-order chi connectivity index (χ0) is 11.5. The van der Waals surface area contributed by atoms with E-state index >= 15 is 0 Å². The van der Waals surface area contributed by atoms with E-state index in [0.717, 1.165) is 17.5 Å². The molecule has 2 unspecified atom stereocenters. The molecule has 0 saturated carbocycles. The summed E-state index contributed by atoms with van der Waals surface area (Å²) in [5, 5.41) is 0.463. The summed E-state index contributed by atoms with van der Waals surface area (Å²) >= 11 is 1.92. The lowest BCUT2D eigenvalue weighted by Crippen LogP contribution is -2.34. The van der Waals surface area contributed by atoms with Gasteiger partial charge in [0.25, 0.3) is 0 Å². The Morgan fingerprint density at radius 3 is 3.00 bits per heavy atom. The van der Waals surface area contributed by atoms with Crippen LogP contribution in [0.5, 0.6) is 0 Å². The summed E-state index contributed by atoms with van der Waals surface area (Å²) in [6, 6.07) is 4.96. The van der Waals surface area contributed by atoms with Gasteiger partial charge in [-0.15, -0.1) is 0 Å². The summed E-state index contributed by atoms with van der Waals surface area (Å²) < 4.78 is 13.3. The molecular formula is C12H17FN2S. The number of hydrogen-bond donors (Lipinski definition) is 2. The number of aryl methyl sites for hydroxylation is 1. The van der Waals surface area contributed by atoms with Crippen LogP contribution < -0.4 is 11.3 Å². The van der Waals surface area contributed by atoms with Crippen LogP contribution in [0.1, 0.15) is 30.0 Å². The van der Waals surface area contributed by atoms with Gasteiger partial charge in [0.05, 0.1) is 6.04 Å². The molecule has 0 amide bonds. The normalized spacial score (nSPS) is 22.3. The zero-order valence-corrected chi connectivity index (χ0v) is 10.2. The Balaban J connectivity index is 2.28. The highest BCUT2D eigenvalue weighted by molar-refractivity contribution is 8.00. The van der Waals surface area contributed by atoms with E-state index in [4.69, 9.17) is 5.84 Å². The molecule has 88 valence electrons. The largest absolute Gasteiger partial charge is 0.271 e. The maximum atomic E-state index is 13.3. The molecule has 1 aromatic carbocycles. The number of nitrogens with two attached hydrogens (primary N) is 1. The lowest BCUT2D eigenvalue weighted by molar-refractivity contribution is 0.513. The van der Waals surface area contributed by atoms with Gasteiger partial charge in [-0.1, -0.05) is 6.07 Å². The number of rotatable bonds is 3. The second-order valence-electron chi connectivity index (χ2n) is 4.20. The fourth-order valence-corrected chi connectivity index (χ4v) is 3.60. The molecule has 2 rings (SSSR count). The highest BCUT2D eigenvalue weighted by Gasteiger charge is 2.27. The molecule has 0 radical (unpaired) electrons. The molecule has 1 aliphatic heterocycles. The van der Waals surface area contributed by atoms with Crippen LogP contribution in [0, 0.1) is 12.7 Å². The highest BCUT2D eigenvalue weighted by Crippen LogP contribution is 2.36. The third-order valence-corrected chi connectivity index (χ3v) is 4.55. The van der Waals surface area contributed by atoms with Crippen molar-refractivity contribution >= 4 is 11.8 Å². The molecule has 3 N–H and O–H groups in total. The third kappa shape index (κ3) is 2.39. The summed E-state index contributed by atoms with van der Waals surface area (Å²) in [7, 11) is 0. The minimum absolute atomic E-state index is 0.0585. The van der Waals surface area contributed by atoms with Crippen molar-refractivity contribution in [2.75, 3.05) is 5.75 Å². The topological polar surface area (TPSA) is 38.0 Å². The standard InChI is InChI=1S/C12H17FN2S/c1-8-4-5-9(13)7-10(8)12(15-14)11-3-2-6-16-11/h4-5,7,11-12,15H,2-3,6,14H2,1H3. The van der Waals surface area contributed by atoms with Crippen molar-refractivity contribution < 1.29 is 4.39 Å². The van der Waals surface area contributed by atoms with Crippen LogP contribution in [0.2, 0.25) is 0 Å². The first-order valence-corrected chi connectivity index (χ1v) is 6.61. The minimum Gasteiger partial charge on any atom is -0.271 e. The summed E-state index contributed by atoms with van der Waals surface area (Å²) in [6.07, 6.45) is 2.37. The van der Waals surface area contributed by atoms with Crippen LogP contribution in [0.15, 0.2) is 18.2 Å². The summed E-state index contributed by atoms with van der Waals surface area (Å²) in [4.78, 5) is 0. The van der Waals surface area contributed by atoms with Gasteiger partial charge in [-0.25, -0.2) is 4.39 Å². The van der Waals surface area contributed by atoms with E-state index in [2.05, 4.69) is 5.43 Å². The second kappa shape index (κ2) is 5.17. The Kier molecular flexibility index (Phi) is 3.84. The number of hydrogen-bond acceptors (Lipinski definition) is 3. The van der Waals surface area contributed by atoms with Gasteiger partial charge in [0.1, 0.15) is 5.82 Å². The Bertz CT molecular complexity index is 364. The molecule has 0 bridgehead atoms. The van der Waals surface area contributed by atoms with E-state index in [1.165, 1.54) is 18.2 Å². The Hall–Kier alpha value is -0.580. The van der Waals surface area contributed by atoms with Crippen molar-refractivity contribution in [2.24, 2.45) is 5.84 Å². The maximum absolute atomic E-state index is 13.3. The van der Waals surface area contributed by atoms with Crippen LogP contribution in [0.4, 0.5) is 4.39 Å². The molecule has 1 aromatic rings. The number of thioether (sulfide) groups is 1. The van der Waals surface area contributed by atoms with Crippen LogP contribution in [-0.2, 0) is 0 Å². The average Bonchev–Trinajstić information content (AvgIpc) is 2.78. The first-order valence-electron chi connectivity index (χ1n) is 5.56. The van der Waals surface area contributed by atoms with E-state index in [9.17, 15) is 4.39 Å². The summed E-state index contributed by atoms with van der Waals surface area (Å²) in [5.41, 5.74) is 4.92. The minimum atomic E-state index is -0.191. The molecule has 2 atom stereocenters. The first kappa shape index (κ1) is 11.9.